The first-order chi connectivity index (χ1) is 12.1. The molecule has 5 nitrogen and oxygen atoms in total. The van der Waals surface area contributed by atoms with E-state index in [2.05, 4.69) is 0 Å². The van der Waals surface area contributed by atoms with Gasteiger partial charge in [-0.3, -0.25) is 4.79 Å². The number of benzene rings is 2. The largest absolute Gasteiger partial charge is 0.497 e. The molecule has 0 heterocycles. The number of hydrogen-bond donors (Lipinski definition) is 0. The molecule has 2 aromatic rings. The molecule has 1 amide bonds. The third-order valence-electron chi connectivity index (χ3n) is 3.55. The highest BCUT2D eigenvalue weighted by atomic mass is 35.5. The first-order valence-corrected chi connectivity index (χ1v) is 8.35. The van der Waals surface area contributed by atoms with Crippen molar-refractivity contribution in [1.82, 2.24) is 4.90 Å². The van der Waals surface area contributed by atoms with E-state index in [4.69, 9.17) is 25.8 Å². The Hall–Kier alpha value is -2.40. The number of hydrogen-bond acceptors (Lipinski definition) is 4. The van der Waals surface area contributed by atoms with E-state index >= 15 is 0 Å². The van der Waals surface area contributed by atoms with Crippen LogP contribution < -0.4 is 14.2 Å². The topological polar surface area (TPSA) is 48.0 Å². The number of rotatable bonds is 9. The van der Waals surface area contributed by atoms with Crippen LogP contribution in [0.4, 0.5) is 0 Å². The molecule has 2 rings (SSSR count). The molecule has 2 aromatic carbocycles. The fraction of sp³-hybridized carbons (Fsp3) is 0.316. The second kappa shape index (κ2) is 9.79. The average Bonchev–Trinajstić information content (AvgIpc) is 2.63. The highest BCUT2D eigenvalue weighted by molar-refractivity contribution is 6.30. The molecule has 0 saturated heterocycles. The lowest BCUT2D eigenvalue weighted by Gasteiger charge is -2.17. The molecule has 0 aliphatic carbocycles. The third kappa shape index (κ3) is 6.55. The van der Waals surface area contributed by atoms with Crippen LogP contribution in [-0.2, 0) is 4.79 Å². The molecule has 134 valence electrons. The Labute approximate surface area is 153 Å². The van der Waals surface area contributed by atoms with Crippen molar-refractivity contribution in [3.05, 3.63) is 53.6 Å². The summed E-state index contributed by atoms with van der Waals surface area (Å²) in [6.07, 6.45) is 0.720. The molecule has 0 unspecified atom stereocenters. The van der Waals surface area contributed by atoms with Gasteiger partial charge in [-0.1, -0.05) is 17.7 Å². The summed E-state index contributed by atoms with van der Waals surface area (Å²) in [5.41, 5.74) is 0. The van der Waals surface area contributed by atoms with Crippen molar-refractivity contribution >= 4 is 17.5 Å². The van der Waals surface area contributed by atoms with Gasteiger partial charge in [-0.05, 0) is 48.9 Å². The molecule has 0 aromatic heterocycles. The lowest BCUT2D eigenvalue weighted by Crippen LogP contribution is -2.32. The van der Waals surface area contributed by atoms with Crippen LogP contribution in [0.5, 0.6) is 17.2 Å². The molecule has 0 fully saturated rings. The lowest BCUT2D eigenvalue weighted by molar-refractivity contribution is -0.132. The second-order valence-corrected chi connectivity index (χ2v) is 5.88. The van der Waals surface area contributed by atoms with Gasteiger partial charge in [0.15, 0.2) is 6.61 Å². The van der Waals surface area contributed by atoms with Crippen molar-refractivity contribution < 1.29 is 19.0 Å². The summed E-state index contributed by atoms with van der Waals surface area (Å²) in [5.74, 6) is 2.02. The Bertz CT molecular complexity index is 675. The van der Waals surface area contributed by atoms with Crippen LogP contribution in [-0.4, -0.2) is 44.7 Å². The first kappa shape index (κ1) is 18.9. The normalized spacial score (nSPS) is 10.2. The summed E-state index contributed by atoms with van der Waals surface area (Å²) < 4.78 is 16.2. The zero-order valence-electron chi connectivity index (χ0n) is 14.4. The third-order valence-corrected chi connectivity index (χ3v) is 3.79. The molecule has 0 bridgehead atoms. The van der Waals surface area contributed by atoms with Crippen molar-refractivity contribution in [3.63, 3.8) is 0 Å². The van der Waals surface area contributed by atoms with Gasteiger partial charge >= 0.3 is 0 Å². The van der Waals surface area contributed by atoms with Crippen molar-refractivity contribution in [3.8, 4) is 17.2 Å². The van der Waals surface area contributed by atoms with E-state index in [1.807, 2.05) is 12.1 Å². The minimum atomic E-state index is -0.0847. The molecule has 0 N–H and O–H groups in total. The van der Waals surface area contributed by atoms with Crippen LogP contribution in [0.2, 0.25) is 5.02 Å². The Morgan fingerprint density at radius 2 is 1.76 bits per heavy atom. The monoisotopic (exact) mass is 363 g/mol. The molecule has 25 heavy (non-hydrogen) atoms. The zero-order valence-corrected chi connectivity index (χ0v) is 15.2. The summed E-state index contributed by atoms with van der Waals surface area (Å²) in [5, 5.41) is 0.639. The lowest BCUT2D eigenvalue weighted by atomic mass is 10.3. The van der Waals surface area contributed by atoms with Crippen LogP contribution in [0.15, 0.2) is 48.5 Å². The molecule has 6 heteroatoms. The maximum Gasteiger partial charge on any atom is 0.260 e. The fourth-order valence-corrected chi connectivity index (χ4v) is 2.28. The van der Waals surface area contributed by atoms with Crippen LogP contribution in [0, 0.1) is 0 Å². The quantitative estimate of drug-likeness (QED) is 0.638. The highest BCUT2D eigenvalue weighted by Gasteiger charge is 2.09. The van der Waals surface area contributed by atoms with Gasteiger partial charge in [0.05, 0.1) is 13.7 Å². The Kier molecular flexibility index (Phi) is 7.41. The van der Waals surface area contributed by atoms with Gasteiger partial charge in [-0.2, -0.15) is 0 Å². The molecule has 0 saturated carbocycles. The van der Waals surface area contributed by atoms with E-state index in [1.165, 1.54) is 0 Å². The predicted octanol–water partition coefficient (Wildman–Crippen LogP) is 3.65. The number of amides is 1. The van der Waals surface area contributed by atoms with Crippen molar-refractivity contribution in [2.75, 3.05) is 33.9 Å². The van der Waals surface area contributed by atoms with Crippen molar-refractivity contribution in [2.24, 2.45) is 0 Å². The number of halogens is 1. The Morgan fingerprint density at radius 1 is 1.04 bits per heavy atom. The van der Waals surface area contributed by atoms with E-state index < -0.39 is 0 Å². The zero-order chi connectivity index (χ0) is 18.1. The van der Waals surface area contributed by atoms with E-state index in [0.29, 0.717) is 23.9 Å². The van der Waals surface area contributed by atoms with Gasteiger partial charge in [0.2, 0.25) is 0 Å². The molecule has 0 radical (unpaired) electrons. The van der Waals surface area contributed by atoms with Gasteiger partial charge in [-0.25, -0.2) is 0 Å². The summed E-state index contributed by atoms with van der Waals surface area (Å²) in [7, 11) is 3.35. The van der Waals surface area contributed by atoms with E-state index in [-0.39, 0.29) is 12.5 Å². The van der Waals surface area contributed by atoms with Gasteiger partial charge < -0.3 is 19.1 Å². The standard InChI is InChI=1S/C19H22ClNO4/c1-21(11-4-12-24-18-6-3-5-15(20)13-18)19(22)14-25-17-9-7-16(23-2)8-10-17/h3,5-10,13H,4,11-12,14H2,1-2H3. The molecule has 0 aliphatic rings. The first-order valence-electron chi connectivity index (χ1n) is 7.97. The highest BCUT2D eigenvalue weighted by Crippen LogP contribution is 2.18. The van der Waals surface area contributed by atoms with Crippen molar-refractivity contribution in [1.29, 1.82) is 0 Å². The Morgan fingerprint density at radius 3 is 2.44 bits per heavy atom. The van der Waals surface area contributed by atoms with E-state index in [9.17, 15) is 4.79 Å². The molecular weight excluding hydrogens is 342 g/mol. The van der Waals surface area contributed by atoms with Crippen LogP contribution in [0.25, 0.3) is 0 Å². The molecule has 0 aliphatic heterocycles. The number of ether oxygens (including phenoxy) is 3. The van der Waals surface area contributed by atoms with Gasteiger partial charge in [-0.15, -0.1) is 0 Å². The minimum Gasteiger partial charge on any atom is -0.497 e. The van der Waals surface area contributed by atoms with Crippen LogP contribution >= 0.6 is 11.6 Å². The molecular formula is C19H22ClNO4. The number of nitrogens with zero attached hydrogens (tertiary/aromatic N) is 1. The molecule has 0 atom stereocenters. The average molecular weight is 364 g/mol. The van der Waals surface area contributed by atoms with Gasteiger partial charge in [0.1, 0.15) is 17.2 Å². The van der Waals surface area contributed by atoms with Gasteiger partial charge in [0, 0.05) is 18.6 Å². The summed E-state index contributed by atoms with van der Waals surface area (Å²) in [6, 6.07) is 14.4. The SMILES string of the molecule is COc1ccc(OCC(=O)N(C)CCCOc2cccc(Cl)c2)cc1. The van der Waals surface area contributed by atoms with Gasteiger partial charge in [0.25, 0.3) is 5.91 Å². The summed E-state index contributed by atoms with van der Waals surface area (Å²) >= 11 is 5.90. The summed E-state index contributed by atoms with van der Waals surface area (Å²) in [6.45, 7) is 1.10. The van der Waals surface area contributed by atoms with E-state index in [0.717, 1.165) is 17.9 Å². The predicted molar refractivity (Wildman–Crippen MR) is 97.7 cm³/mol. The van der Waals surface area contributed by atoms with Crippen LogP contribution in [0.3, 0.4) is 0 Å². The minimum absolute atomic E-state index is 0.00200. The number of carbonyl (C=O) groups is 1. The van der Waals surface area contributed by atoms with Crippen LogP contribution in [0.1, 0.15) is 6.42 Å². The summed E-state index contributed by atoms with van der Waals surface area (Å²) in [4.78, 5) is 13.7. The van der Waals surface area contributed by atoms with E-state index in [1.54, 1.807) is 55.5 Å². The number of methoxy groups -OCH3 is 1. The second-order valence-electron chi connectivity index (χ2n) is 5.44. The smallest absolute Gasteiger partial charge is 0.260 e. The number of carbonyl (C=O) groups excluding carboxylic acids is 1. The maximum atomic E-state index is 12.1. The number of likely N-dealkylation sites (N-methyl/N-ethyl adjacent to an activating group) is 1. The molecule has 0 spiro atoms. The Balaban J connectivity index is 1.65. The van der Waals surface area contributed by atoms with Crippen molar-refractivity contribution in [2.45, 2.75) is 6.42 Å². The maximum absolute atomic E-state index is 12.1. The fourth-order valence-electron chi connectivity index (χ4n) is 2.10.